The topological polar surface area (TPSA) is 88.8 Å². The lowest BCUT2D eigenvalue weighted by Gasteiger charge is -2.15. The van der Waals surface area contributed by atoms with Gasteiger partial charge >= 0.3 is 5.97 Å². The van der Waals surface area contributed by atoms with Gasteiger partial charge in [0, 0.05) is 18.0 Å². The van der Waals surface area contributed by atoms with Crippen molar-refractivity contribution in [2.75, 3.05) is 13.7 Å². The van der Waals surface area contributed by atoms with Gasteiger partial charge in [-0.25, -0.2) is 9.78 Å². The fourth-order valence-electron chi connectivity index (χ4n) is 3.01. The van der Waals surface area contributed by atoms with Crippen LogP contribution in [0.15, 0.2) is 33.7 Å². The zero-order valence-corrected chi connectivity index (χ0v) is 18.1. The van der Waals surface area contributed by atoms with E-state index in [2.05, 4.69) is 33.6 Å². The summed E-state index contributed by atoms with van der Waals surface area (Å²) in [5.74, 6) is 1.17. The van der Waals surface area contributed by atoms with Crippen molar-refractivity contribution in [3.63, 3.8) is 0 Å². The van der Waals surface area contributed by atoms with Crippen LogP contribution >= 0.6 is 11.3 Å². The number of fused-ring (bicyclic) bond motifs is 1. The predicted molar refractivity (Wildman–Crippen MR) is 116 cm³/mol. The van der Waals surface area contributed by atoms with Crippen LogP contribution < -0.4 is 10.6 Å². The van der Waals surface area contributed by atoms with Gasteiger partial charge in [-0.15, -0.1) is 11.3 Å². The molecule has 0 saturated heterocycles. The molecular weight excluding hydrogens is 388 g/mol. The Hall–Kier alpha value is -2.87. The van der Waals surface area contributed by atoms with Crippen LogP contribution in [0.4, 0.5) is 0 Å². The van der Waals surface area contributed by atoms with Gasteiger partial charge in [0.15, 0.2) is 5.96 Å². The molecule has 0 saturated carbocycles. The summed E-state index contributed by atoms with van der Waals surface area (Å²) in [5, 5.41) is 8.51. The quantitative estimate of drug-likeness (QED) is 0.358. The number of aromatic nitrogens is 1. The van der Waals surface area contributed by atoms with E-state index >= 15 is 0 Å². The maximum atomic E-state index is 12.0. The van der Waals surface area contributed by atoms with Crippen LogP contribution in [0.1, 0.15) is 51.6 Å². The molecular formula is C21H26N4O3S. The zero-order valence-electron chi connectivity index (χ0n) is 17.3. The first-order chi connectivity index (χ1) is 13.9. The normalized spacial score (nSPS) is 12.8. The van der Waals surface area contributed by atoms with Gasteiger partial charge in [0.25, 0.3) is 0 Å². The Balaban J connectivity index is 1.66. The van der Waals surface area contributed by atoms with Crippen molar-refractivity contribution in [2.45, 2.75) is 40.3 Å². The van der Waals surface area contributed by atoms with E-state index in [0.717, 1.165) is 27.3 Å². The molecule has 0 aliphatic heterocycles. The third kappa shape index (κ3) is 4.59. The number of furan rings is 1. The molecule has 1 aromatic carbocycles. The number of nitrogens with one attached hydrogen (secondary N) is 2. The molecule has 154 valence electrons. The Labute approximate surface area is 174 Å². The first kappa shape index (κ1) is 20.9. The Morgan fingerprint density at radius 3 is 2.79 bits per heavy atom. The van der Waals surface area contributed by atoms with Crippen molar-refractivity contribution in [1.82, 2.24) is 15.6 Å². The number of benzene rings is 1. The summed E-state index contributed by atoms with van der Waals surface area (Å²) in [6, 6.07) is 7.87. The number of hydrogen-bond acceptors (Lipinski definition) is 6. The van der Waals surface area contributed by atoms with Crippen LogP contribution in [0.2, 0.25) is 0 Å². The molecule has 29 heavy (non-hydrogen) atoms. The number of guanidine groups is 1. The lowest BCUT2D eigenvalue weighted by Crippen LogP contribution is -2.38. The molecule has 2 heterocycles. The predicted octanol–water partition coefficient (Wildman–Crippen LogP) is 4.11. The number of aliphatic imine (C=N–C) groups is 1. The fourth-order valence-corrected chi connectivity index (χ4v) is 3.97. The van der Waals surface area contributed by atoms with Crippen molar-refractivity contribution >= 4 is 34.2 Å². The van der Waals surface area contributed by atoms with Crippen LogP contribution in [0.5, 0.6) is 0 Å². The Bertz CT molecular complexity index is 1040. The van der Waals surface area contributed by atoms with Gasteiger partial charge in [0.05, 0.1) is 24.9 Å². The summed E-state index contributed by atoms with van der Waals surface area (Å²) in [5.41, 5.74) is 2.67. The maximum absolute atomic E-state index is 12.0. The number of rotatable bonds is 6. The van der Waals surface area contributed by atoms with Gasteiger partial charge in [0.2, 0.25) is 0 Å². The van der Waals surface area contributed by atoms with Crippen molar-refractivity contribution in [3.05, 3.63) is 51.2 Å². The number of aryl methyl sites for hydroxylation is 2. The van der Waals surface area contributed by atoms with Crippen LogP contribution in [0.3, 0.4) is 0 Å². The summed E-state index contributed by atoms with van der Waals surface area (Å²) >= 11 is 1.34. The zero-order chi connectivity index (χ0) is 21.0. The molecule has 1 unspecified atom stereocenters. The van der Waals surface area contributed by atoms with Gasteiger partial charge in [-0.05, 0) is 33.8 Å². The minimum atomic E-state index is -0.330. The molecule has 0 fully saturated rings. The van der Waals surface area contributed by atoms with E-state index in [-0.39, 0.29) is 12.0 Å². The highest BCUT2D eigenvalue weighted by Crippen LogP contribution is 2.25. The number of esters is 1. The molecule has 8 heteroatoms. The van der Waals surface area contributed by atoms with E-state index in [0.29, 0.717) is 29.7 Å². The van der Waals surface area contributed by atoms with Gasteiger partial charge in [-0.2, -0.15) is 0 Å². The van der Waals surface area contributed by atoms with Crippen molar-refractivity contribution in [1.29, 1.82) is 0 Å². The Kier molecular flexibility index (Phi) is 6.53. The van der Waals surface area contributed by atoms with E-state index in [1.807, 2.05) is 32.0 Å². The molecule has 7 nitrogen and oxygen atoms in total. The van der Waals surface area contributed by atoms with Gasteiger partial charge in [0.1, 0.15) is 21.2 Å². The highest BCUT2D eigenvalue weighted by Gasteiger charge is 2.20. The number of thiazole rings is 1. The van der Waals surface area contributed by atoms with E-state index in [4.69, 9.17) is 9.15 Å². The summed E-state index contributed by atoms with van der Waals surface area (Å²) in [4.78, 5) is 21.4. The van der Waals surface area contributed by atoms with E-state index < -0.39 is 0 Å². The molecule has 2 N–H and O–H groups in total. The molecule has 0 bridgehead atoms. The number of ether oxygens (including phenoxy) is 1. The first-order valence-electron chi connectivity index (χ1n) is 9.53. The average Bonchev–Trinajstić information content (AvgIpc) is 3.26. The second kappa shape index (κ2) is 9.09. The molecule has 3 rings (SSSR count). The molecule has 1 atom stereocenters. The van der Waals surface area contributed by atoms with Gasteiger partial charge < -0.3 is 19.8 Å². The van der Waals surface area contributed by atoms with Gasteiger partial charge in [-0.1, -0.05) is 18.2 Å². The summed E-state index contributed by atoms with van der Waals surface area (Å²) in [6.45, 7) is 8.49. The van der Waals surface area contributed by atoms with Crippen molar-refractivity contribution in [2.24, 2.45) is 4.99 Å². The van der Waals surface area contributed by atoms with E-state index in [1.54, 1.807) is 14.0 Å². The molecule has 2 aromatic heterocycles. The SMILES string of the molecule is CCOC(=O)c1sc(C(C)NC(=NC)NCc2oc3ccccc3c2C)nc1C. The average molecular weight is 415 g/mol. The largest absolute Gasteiger partial charge is 0.462 e. The van der Waals surface area contributed by atoms with Crippen LogP contribution in [-0.4, -0.2) is 30.6 Å². The van der Waals surface area contributed by atoms with Crippen molar-refractivity contribution < 1.29 is 13.9 Å². The highest BCUT2D eigenvalue weighted by molar-refractivity contribution is 7.13. The number of carbonyl (C=O) groups excluding carboxylic acids is 1. The number of para-hydroxylation sites is 1. The molecule has 0 aliphatic rings. The standard InChI is InChI=1S/C21H26N4O3S/c1-6-27-20(26)18-13(3)24-19(29-18)14(4)25-21(22-5)23-11-17-12(2)15-9-7-8-10-16(15)28-17/h7-10,14H,6,11H2,1-5H3,(H2,22,23,25). The smallest absolute Gasteiger partial charge is 0.350 e. The first-order valence-corrected chi connectivity index (χ1v) is 10.3. The summed E-state index contributed by atoms with van der Waals surface area (Å²) < 4.78 is 11.0. The minimum Gasteiger partial charge on any atom is -0.462 e. The monoisotopic (exact) mass is 414 g/mol. The van der Waals surface area contributed by atoms with Crippen LogP contribution in [-0.2, 0) is 11.3 Å². The molecule has 3 aromatic rings. The lowest BCUT2D eigenvalue weighted by molar-refractivity contribution is 0.0531. The van der Waals surface area contributed by atoms with E-state index in [1.165, 1.54) is 11.3 Å². The fraction of sp³-hybridized carbons (Fsp3) is 0.381. The Morgan fingerprint density at radius 2 is 2.10 bits per heavy atom. The number of carbonyl (C=O) groups is 1. The molecule has 0 radical (unpaired) electrons. The number of nitrogens with zero attached hydrogens (tertiary/aromatic N) is 2. The second-order valence-corrected chi connectivity index (χ2v) is 7.66. The Morgan fingerprint density at radius 1 is 1.34 bits per heavy atom. The lowest BCUT2D eigenvalue weighted by atomic mass is 10.1. The van der Waals surface area contributed by atoms with Gasteiger partial charge in [-0.3, -0.25) is 4.99 Å². The van der Waals surface area contributed by atoms with E-state index in [9.17, 15) is 4.79 Å². The third-order valence-electron chi connectivity index (χ3n) is 4.58. The highest BCUT2D eigenvalue weighted by atomic mass is 32.1. The van der Waals surface area contributed by atoms with Crippen LogP contribution in [0.25, 0.3) is 11.0 Å². The third-order valence-corrected chi connectivity index (χ3v) is 5.90. The summed E-state index contributed by atoms with van der Waals surface area (Å²) in [6.07, 6.45) is 0. The molecule has 0 spiro atoms. The maximum Gasteiger partial charge on any atom is 0.350 e. The summed E-state index contributed by atoms with van der Waals surface area (Å²) in [7, 11) is 1.71. The minimum absolute atomic E-state index is 0.121. The molecule has 0 amide bonds. The molecule has 0 aliphatic carbocycles. The van der Waals surface area contributed by atoms with Crippen molar-refractivity contribution in [3.8, 4) is 0 Å². The second-order valence-electron chi connectivity index (χ2n) is 6.63. The van der Waals surface area contributed by atoms with Crippen LogP contribution in [0, 0.1) is 13.8 Å². The number of hydrogen-bond donors (Lipinski definition) is 2.